The molecule has 0 aliphatic rings. The summed E-state index contributed by atoms with van der Waals surface area (Å²) in [7, 11) is 0. The van der Waals surface area contributed by atoms with E-state index < -0.39 is 0 Å². The van der Waals surface area contributed by atoms with Gasteiger partial charge < -0.3 is 17.7 Å². The van der Waals surface area contributed by atoms with Crippen LogP contribution in [0.1, 0.15) is 0 Å². The number of hydrogen-bond donors (Lipinski definition) is 0. The predicted molar refractivity (Wildman–Crippen MR) is 176 cm³/mol. The molecule has 0 aliphatic heterocycles. The maximum Gasteiger partial charge on any atom is 0.265 e. The largest absolute Gasteiger partial charge is 0.434 e. The van der Waals surface area contributed by atoms with E-state index in [0.717, 1.165) is 43.4 Å². The van der Waals surface area contributed by atoms with Crippen molar-refractivity contribution in [2.75, 3.05) is 0 Å². The molecule has 0 amide bonds. The summed E-state index contributed by atoms with van der Waals surface area (Å²) in [6.07, 6.45) is 3.28. The number of fused-ring (bicyclic) bond motifs is 5. The van der Waals surface area contributed by atoms with Crippen molar-refractivity contribution in [1.82, 2.24) is 19.9 Å². The SMILES string of the molecule is c1ccc2cc(-c3ncc(-c4nc5cc6cc7oc(-c8cnc(-c9ccc%10ccccc%10c9)o8)nc7cc6cc5o4)o3)ccc2c1. The van der Waals surface area contributed by atoms with Crippen LogP contribution in [0.4, 0.5) is 0 Å². The van der Waals surface area contributed by atoms with Gasteiger partial charge in [-0.1, -0.05) is 60.7 Å². The molecule has 0 atom stereocenters. The molecule has 6 aromatic carbocycles. The molecule has 8 heteroatoms. The van der Waals surface area contributed by atoms with Gasteiger partial charge in [0.2, 0.25) is 23.3 Å². The molecule has 4 aromatic heterocycles. The molecular weight excluding hydrogens is 576 g/mol. The lowest BCUT2D eigenvalue weighted by Crippen LogP contribution is -1.78. The lowest BCUT2D eigenvalue weighted by atomic mass is 10.1. The zero-order valence-electron chi connectivity index (χ0n) is 24.0. The van der Waals surface area contributed by atoms with E-state index in [1.807, 2.05) is 60.7 Å². The van der Waals surface area contributed by atoms with Crippen LogP contribution in [0.2, 0.25) is 0 Å². The first-order valence-electron chi connectivity index (χ1n) is 14.8. The topological polar surface area (TPSA) is 104 Å². The third-order valence-corrected chi connectivity index (χ3v) is 8.28. The van der Waals surface area contributed by atoms with Gasteiger partial charge in [0.25, 0.3) is 11.8 Å². The number of nitrogens with zero attached hydrogens (tertiary/aromatic N) is 4. The molecule has 0 saturated carbocycles. The minimum absolute atomic E-state index is 0.362. The van der Waals surface area contributed by atoms with Crippen molar-refractivity contribution >= 4 is 54.5 Å². The zero-order chi connectivity index (χ0) is 30.2. The Labute approximate surface area is 259 Å². The fraction of sp³-hybridized carbons (Fsp3) is 0. The minimum Gasteiger partial charge on any atom is -0.434 e. The van der Waals surface area contributed by atoms with E-state index in [-0.39, 0.29) is 0 Å². The summed E-state index contributed by atoms with van der Waals surface area (Å²) < 4.78 is 24.4. The van der Waals surface area contributed by atoms with Crippen molar-refractivity contribution in [1.29, 1.82) is 0 Å². The standard InChI is InChI=1S/C38H20N4O4/c1-3-7-23-13-25(11-9-21(23)5-1)35-39-19-33(45-35)37-41-29-15-27-18-32-30(16-28(27)17-31(29)43-37)42-38(44-32)34-20-40-36(46-34)26-12-10-22-6-2-4-8-24(22)14-26/h1-20H. The van der Waals surface area contributed by atoms with E-state index in [2.05, 4.69) is 58.5 Å². The molecule has 10 aromatic rings. The normalized spacial score (nSPS) is 11.9. The fourth-order valence-electron chi connectivity index (χ4n) is 5.96. The van der Waals surface area contributed by atoms with Crippen molar-refractivity contribution in [2.45, 2.75) is 0 Å². The summed E-state index contributed by atoms with van der Waals surface area (Å²) >= 11 is 0. The Kier molecular flexibility index (Phi) is 5.12. The lowest BCUT2D eigenvalue weighted by Gasteiger charge is -1.99. The van der Waals surface area contributed by atoms with E-state index in [0.29, 0.717) is 57.3 Å². The third-order valence-electron chi connectivity index (χ3n) is 8.28. The van der Waals surface area contributed by atoms with Crippen molar-refractivity contribution in [2.24, 2.45) is 0 Å². The summed E-state index contributed by atoms with van der Waals surface area (Å²) in [6, 6.07) is 36.4. The second kappa shape index (κ2) is 9.48. The average molecular weight is 597 g/mol. The van der Waals surface area contributed by atoms with Crippen LogP contribution in [-0.4, -0.2) is 19.9 Å². The summed E-state index contributed by atoms with van der Waals surface area (Å²) in [5.41, 5.74) is 4.42. The maximum atomic E-state index is 6.13. The van der Waals surface area contributed by atoms with Gasteiger partial charge >= 0.3 is 0 Å². The van der Waals surface area contributed by atoms with Crippen molar-refractivity contribution in [3.8, 4) is 46.2 Å². The molecule has 0 fully saturated rings. The summed E-state index contributed by atoms with van der Waals surface area (Å²) in [6.45, 7) is 0. The van der Waals surface area contributed by atoms with Crippen LogP contribution < -0.4 is 0 Å². The minimum atomic E-state index is 0.362. The van der Waals surface area contributed by atoms with Crippen molar-refractivity contribution in [3.63, 3.8) is 0 Å². The smallest absolute Gasteiger partial charge is 0.265 e. The first-order chi connectivity index (χ1) is 22.7. The average Bonchev–Trinajstić information content (AvgIpc) is 3.91. The highest BCUT2D eigenvalue weighted by Gasteiger charge is 2.18. The van der Waals surface area contributed by atoms with Crippen molar-refractivity contribution < 1.29 is 17.7 Å². The molecule has 0 spiro atoms. The highest BCUT2D eigenvalue weighted by atomic mass is 16.4. The van der Waals surface area contributed by atoms with Gasteiger partial charge in [-0.3, -0.25) is 0 Å². The highest BCUT2D eigenvalue weighted by Crippen LogP contribution is 2.35. The second-order valence-electron chi connectivity index (χ2n) is 11.2. The third kappa shape index (κ3) is 4.01. The predicted octanol–water partition coefficient (Wildman–Crippen LogP) is 10.1. The van der Waals surface area contributed by atoms with Gasteiger partial charge in [0.15, 0.2) is 11.2 Å². The molecular formula is C38H20N4O4. The quantitative estimate of drug-likeness (QED) is 0.198. The molecule has 0 aliphatic carbocycles. The van der Waals surface area contributed by atoms with Gasteiger partial charge in [-0.25, -0.2) is 19.9 Å². The van der Waals surface area contributed by atoms with E-state index >= 15 is 0 Å². The molecule has 10 rings (SSSR count). The van der Waals surface area contributed by atoms with Gasteiger partial charge in [-0.05, 0) is 80.8 Å². The number of rotatable bonds is 4. The number of oxazole rings is 4. The van der Waals surface area contributed by atoms with E-state index in [1.54, 1.807) is 12.4 Å². The van der Waals surface area contributed by atoms with Crippen LogP contribution in [0.3, 0.4) is 0 Å². The number of aromatic nitrogens is 4. The molecule has 0 N–H and O–H groups in total. The van der Waals surface area contributed by atoms with Gasteiger partial charge in [0.1, 0.15) is 11.0 Å². The van der Waals surface area contributed by atoms with E-state index in [4.69, 9.17) is 27.6 Å². The Balaban J connectivity index is 0.968. The van der Waals surface area contributed by atoms with Crippen LogP contribution in [0.5, 0.6) is 0 Å². The Morgan fingerprint density at radius 1 is 0.370 bits per heavy atom. The Morgan fingerprint density at radius 2 is 0.826 bits per heavy atom. The summed E-state index contributed by atoms with van der Waals surface area (Å²) in [5, 5.41) is 6.43. The van der Waals surface area contributed by atoms with Crippen molar-refractivity contribution in [3.05, 3.63) is 122 Å². The molecule has 8 nitrogen and oxygen atoms in total. The summed E-state index contributed by atoms with van der Waals surface area (Å²) in [4.78, 5) is 18.4. The Hall–Kier alpha value is -6.54. The number of benzene rings is 6. The molecule has 4 heterocycles. The first kappa shape index (κ1) is 24.9. The lowest BCUT2D eigenvalue weighted by molar-refractivity contribution is 0.540. The Morgan fingerprint density at radius 3 is 1.30 bits per heavy atom. The molecule has 0 radical (unpaired) electrons. The van der Waals surface area contributed by atoms with Crippen LogP contribution in [0.15, 0.2) is 139 Å². The van der Waals surface area contributed by atoms with E-state index in [9.17, 15) is 0 Å². The van der Waals surface area contributed by atoms with Gasteiger partial charge in [-0.15, -0.1) is 0 Å². The van der Waals surface area contributed by atoms with Gasteiger partial charge in [0, 0.05) is 11.1 Å². The molecule has 0 saturated heterocycles. The highest BCUT2D eigenvalue weighted by molar-refractivity contribution is 6.01. The fourth-order valence-corrected chi connectivity index (χ4v) is 5.96. The second-order valence-corrected chi connectivity index (χ2v) is 11.2. The zero-order valence-corrected chi connectivity index (χ0v) is 24.0. The molecule has 216 valence electrons. The van der Waals surface area contributed by atoms with Crippen LogP contribution in [0, 0.1) is 0 Å². The van der Waals surface area contributed by atoms with Crippen LogP contribution in [-0.2, 0) is 0 Å². The van der Waals surface area contributed by atoms with Gasteiger partial charge in [0.05, 0.1) is 12.4 Å². The first-order valence-corrected chi connectivity index (χ1v) is 14.8. The Bertz CT molecular complexity index is 2530. The van der Waals surface area contributed by atoms with Crippen LogP contribution in [0.25, 0.3) is 101 Å². The monoisotopic (exact) mass is 596 g/mol. The molecule has 0 unspecified atom stereocenters. The summed E-state index contributed by atoms with van der Waals surface area (Å²) in [5.74, 6) is 2.65. The van der Waals surface area contributed by atoms with E-state index in [1.165, 1.54) is 0 Å². The van der Waals surface area contributed by atoms with Gasteiger partial charge in [-0.2, -0.15) is 0 Å². The number of hydrogen-bond acceptors (Lipinski definition) is 8. The maximum absolute atomic E-state index is 6.13. The molecule has 0 bridgehead atoms. The molecule has 46 heavy (non-hydrogen) atoms. The van der Waals surface area contributed by atoms with Crippen LogP contribution >= 0.6 is 0 Å².